The number of halogens is 2. The Morgan fingerprint density at radius 3 is 2.88 bits per heavy atom. The standard InChI is InChI=1S/C16H13F2N3O2S/c1-2-5-24-16-20-14-13(15(23)21-16)10(7-12(22)19-14)9-4-3-8(17)6-11(9)18/h2-4,6,10H,1,5,7H2,(H2,19,20,21,22,23). The van der Waals surface area contributed by atoms with Crippen LogP contribution in [0.5, 0.6) is 0 Å². The van der Waals surface area contributed by atoms with Crippen LogP contribution < -0.4 is 10.9 Å². The van der Waals surface area contributed by atoms with E-state index < -0.39 is 23.1 Å². The van der Waals surface area contributed by atoms with E-state index in [-0.39, 0.29) is 29.3 Å². The van der Waals surface area contributed by atoms with Gasteiger partial charge >= 0.3 is 0 Å². The maximum absolute atomic E-state index is 14.1. The Kier molecular flexibility index (Phi) is 4.48. The van der Waals surface area contributed by atoms with Gasteiger partial charge in [0.15, 0.2) is 5.16 Å². The summed E-state index contributed by atoms with van der Waals surface area (Å²) in [5.74, 6) is -2.08. The highest BCUT2D eigenvalue weighted by Crippen LogP contribution is 2.35. The third-order valence-electron chi connectivity index (χ3n) is 3.61. The smallest absolute Gasteiger partial charge is 0.257 e. The average molecular weight is 349 g/mol. The number of thioether (sulfide) groups is 1. The Hall–Kier alpha value is -2.48. The molecule has 5 nitrogen and oxygen atoms in total. The molecule has 1 unspecified atom stereocenters. The molecule has 0 bridgehead atoms. The summed E-state index contributed by atoms with van der Waals surface area (Å²) in [4.78, 5) is 31.2. The van der Waals surface area contributed by atoms with Crippen LogP contribution in [0.2, 0.25) is 0 Å². The van der Waals surface area contributed by atoms with Gasteiger partial charge in [-0.15, -0.1) is 6.58 Å². The molecule has 0 fully saturated rings. The van der Waals surface area contributed by atoms with Gasteiger partial charge in [-0.3, -0.25) is 9.59 Å². The van der Waals surface area contributed by atoms with Crippen LogP contribution in [0.4, 0.5) is 14.6 Å². The fourth-order valence-electron chi connectivity index (χ4n) is 2.61. The van der Waals surface area contributed by atoms with Crippen molar-refractivity contribution >= 4 is 23.5 Å². The first-order valence-corrected chi connectivity index (χ1v) is 8.11. The molecule has 0 radical (unpaired) electrons. The van der Waals surface area contributed by atoms with Crippen molar-refractivity contribution in [1.82, 2.24) is 9.97 Å². The van der Waals surface area contributed by atoms with E-state index in [0.29, 0.717) is 10.9 Å². The average Bonchev–Trinajstić information content (AvgIpc) is 2.51. The lowest BCUT2D eigenvalue weighted by Crippen LogP contribution is -2.31. The number of H-pyrrole nitrogens is 1. The summed E-state index contributed by atoms with van der Waals surface area (Å²) in [5, 5.41) is 2.87. The maximum Gasteiger partial charge on any atom is 0.257 e. The summed E-state index contributed by atoms with van der Waals surface area (Å²) >= 11 is 1.25. The van der Waals surface area contributed by atoms with Gasteiger partial charge in [0.1, 0.15) is 17.5 Å². The number of nitrogens with one attached hydrogen (secondary N) is 2. The number of carbonyl (C=O) groups is 1. The largest absolute Gasteiger partial charge is 0.310 e. The summed E-state index contributed by atoms with van der Waals surface area (Å²) in [6.07, 6.45) is 1.54. The second-order valence-electron chi connectivity index (χ2n) is 5.20. The first-order valence-electron chi connectivity index (χ1n) is 7.12. The number of hydrogen-bond donors (Lipinski definition) is 2. The molecule has 3 rings (SSSR count). The van der Waals surface area contributed by atoms with Gasteiger partial charge in [-0.2, -0.15) is 0 Å². The summed E-state index contributed by atoms with van der Waals surface area (Å²) in [6, 6.07) is 3.08. The van der Waals surface area contributed by atoms with Crippen LogP contribution in [0.15, 0.2) is 40.8 Å². The second-order valence-corrected chi connectivity index (χ2v) is 6.21. The molecule has 8 heteroatoms. The topological polar surface area (TPSA) is 74.8 Å². The lowest BCUT2D eigenvalue weighted by molar-refractivity contribution is -0.116. The van der Waals surface area contributed by atoms with Crippen molar-refractivity contribution in [2.75, 3.05) is 11.1 Å². The molecule has 1 amide bonds. The normalized spacial score (nSPS) is 16.4. The summed E-state index contributed by atoms with van der Waals surface area (Å²) in [5.41, 5.74) is -0.199. The number of hydrogen-bond acceptors (Lipinski definition) is 4. The molecule has 2 N–H and O–H groups in total. The van der Waals surface area contributed by atoms with Crippen LogP contribution in [0.3, 0.4) is 0 Å². The number of carbonyl (C=O) groups excluding carboxylic acids is 1. The molecule has 1 aromatic carbocycles. The molecule has 1 aliphatic heterocycles. The summed E-state index contributed by atoms with van der Waals surface area (Å²) in [7, 11) is 0. The highest BCUT2D eigenvalue weighted by Gasteiger charge is 2.32. The predicted octanol–water partition coefficient (Wildman–Crippen LogP) is 2.80. The fourth-order valence-corrected chi connectivity index (χ4v) is 3.20. The van der Waals surface area contributed by atoms with E-state index in [0.717, 1.165) is 12.1 Å². The lowest BCUT2D eigenvalue weighted by Gasteiger charge is -2.24. The van der Waals surface area contributed by atoms with Crippen molar-refractivity contribution < 1.29 is 13.6 Å². The van der Waals surface area contributed by atoms with Crippen LogP contribution in [-0.2, 0) is 4.79 Å². The van der Waals surface area contributed by atoms with Crippen molar-refractivity contribution in [3.8, 4) is 0 Å². The van der Waals surface area contributed by atoms with Gasteiger partial charge in [-0.1, -0.05) is 23.9 Å². The minimum absolute atomic E-state index is 0.0892. The Morgan fingerprint density at radius 1 is 1.38 bits per heavy atom. The SMILES string of the molecule is C=CCSc1nc2c(c(=O)[nH]1)C(c1ccc(F)cc1F)CC(=O)N2. The molecule has 0 spiro atoms. The van der Waals surface area contributed by atoms with E-state index in [4.69, 9.17) is 0 Å². The number of anilines is 1. The van der Waals surface area contributed by atoms with Gasteiger partial charge in [0.05, 0.1) is 5.56 Å². The summed E-state index contributed by atoms with van der Waals surface area (Å²) < 4.78 is 27.2. The number of benzene rings is 1. The van der Waals surface area contributed by atoms with Crippen LogP contribution in [0.25, 0.3) is 0 Å². The second kappa shape index (κ2) is 6.56. The Bertz CT molecular complexity index is 882. The Balaban J connectivity index is 2.11. The zero-order chi connectivity index (χ0) is 17.3. The molecule has 0 aliphatic carbocycles. The Labute approximate surface area is 140 Å². The van der Waals surface area contributed by atoms with Gasteiger partial charge in [0, 0.05) is 24.2 Å². The van der Waals surface area contributed by atoms with E-state index >= 15 is 0 Å². The minimum Gasteiger partial charge on any atom is -0.310 e. The van der Waals surface area contributed by atoms with Crippen LogP contribution in [0, 0.1) is 11.6 Å². The molecule has 2 heterocycles. The molecular weight excluding hydrogens is 336 g/mol. The summed E-state index contributed by atoms with van der Waals surface area (Å²) in [6.45, 7) is 3.58. The number of aromatic amines is 1. The first-order chi connectivity index (χ1) is 11.5. The molecular formula is C16H13F2N3O2S. The van der Waals surface area contributed by atoms with Crippen LogP contribution in [0.1, 0.15) is 23.5 Å². The van der Waals surface area contributed by atoms with Crippen molar-refractivity contribution in [3.05, 3.63) is 64.0 Å². The monoisotopic (exact) mass is 349 g/mol. The number of amides is 1. The van der Waals surface area contributed by atoms with E-state index in [1.165, 1.54) is 17.8 Å². The molecule has 1 atom stereocenters. The van der Waals surface area contributed by atoms with Gasteiger partial charge in [0.25, 0.3) is 5.56 Å². The molecule has 2 aromatic rings. The maximum atomic E-state index is 14.1. The van der Waals surface area contributed by atoms with Gasteiger partial charge in [0.2, 0.25) is 5.91 Å². The molecule has 1 aliphatic rings. The Morgan fingerprint density at radius 2 is 2.17 bits per heavy atom. The van der Waals surface area contributed by atoms with E-state index in [9.17, 15) is 18.4 Å². The van der Waals surface area contributed by atoms with Crippen molar-refractivity contribution in [1.29, 1.82) is 0 Å². The highest BCUT2D eigenvalue weighted by atomic mass is 32.2. The van der Waals surface area contributed by atoms with E-state index in [1.807, 2.05) is 0 Å². The van der Waals surface area contributed by atoms with Crippen LogP contribution in [-0.4, -0.2) is 21.6 Å². The molecule has 124 valence electrons. The fraction of sp³-hybridized carbons (Fsp3) is 0.188. The van der Waals surface area contributed by atoms with Crippen LogP contribution >= 0.6 is 11.8 Å². The van der Waals surface area contributed by atoms with Gasteiger partial charge in [-0.05, 0) is 11.6 Å². The number of nitrogens with zero attached hydrogens (tertiary/aromatic N) is 1. The number of rotatable bonds is 4. The zero-order valence-corrected chi connectivity index (χ0v) is 13.3. The highest BCUT2D eigenvalue weighted by molar-refractivity contribution is 7.99. The third kappa shape index (κ3) is 3.09. The minimum atomic E-state index is -0.816. The first kappa shape index (κ1) is 16.4. The van der Waals surface area contributed by atoms with Gasteiger partial charge < -0.3 is 10.3 Å². The third-order valence-corrected chi connectivity index (χ3v) is 4.47. The molecule has 24 heavy (non-hydrogen) atoms. The number of fused-ring (bicyclic) bond motifs is 1. The lowest BCUT2D eigenvalue weighted by atomic mass is 9.86. The van der Waals surface area contributed by atoms with Crippen molar-refractivity contribution in [2.45, 2.75) is 17.5 Å². The van der Waals surface area contributed by atoms with Crippen molar-refractivity contribution in [3.63, 3.8) is 0 Å². The van der Waals surface area contributed by atoms with Gasteiger partial charge in [-0.25, -0.2) is 13.8 Å². The predicted molar refractivity (Wildman–Crippen MR) is 87.2 cm³/mol. The molecule has 0 saturated heterocycles. The quantitative estimate of drug-likeness (QED) is 0.506. The zero-order valence-electron chi connectivity index (χ0n) is 12.4. The van der Waals surface area contributed by atoms with E-state index in [1.54, 1.807) is 6.08 Å². The number of aromatic nitrogens is 2. The van der Waals surface area contributed by atoms with Crippen molar-refractivity contribution in [2.24, 2.45) is 0 Å². The molecule has 0 saturated carbocycles. The molecule has 1 aromatic heterocycles. The van der Waals surface area contributed by atoms with E-state index in [2.05, 4.69) is 21.9 Å².